The van der Waals surface area contributed by atoms with Crippen LogP contribution in [0.25, 0.3) is 0 Å². The summed E-state index contributed by atoms with van der Waals surface area (Å²) in [4.78, 5) is 12.2. The quantitative estimate of drug-likeness (QED) is 0.715. The third kappa shape index (κ3) is 6.28. The number of nitrogens with one attached hydrogen (secondary N) is 2. The number of hydrogen-bond acceptors (Lipinski definition) is 3. The molecule has 1 amide bonds. The van der Waals surface area contributed by atoms with E-state index in [1.165, 1.54) is 12.1 Å². The van der Waals surface area contributed by atoms with Gasteiger partial charge in [-0.1, -0.05) is 35.9 Å². The minimum atomic E-state index is -2.85. The van der Waals surface area contributed by atoms with Gasteiger partial charge < -0.3 is 10.1 Å². The molecule has 0 aliphatic carbocycles. The molecule has 0 saturated carbocycles. The molecule has 140 valence electrons. The maximum Gasteiger partial charge on any atom is 0.387 e. The van der Waals surface area contributed by atoms with Crippen molar-refractivity contribution in [3.63, 3.8) is 0 Å². The van der Waals surface area contributed by atoms with Crippen molar-refractivity contribution in [1.29, 1.82) is 0 Å². The van der Waals surface area contributed by atoms with Gasteiger partial charge in [-0.3, -0.25) is 10.1 Å². The molecule has 0 aromatic heterocycles. The molecule has 2 aromatic rings. The molecule has 0 aliphatic heterocycles. The van der Waals surface area contributed by atoms with Gasteiger partial charge in [0, 0.05) is 17.6 Å². The first-order chi connectivity index (χ1) is 12.3. The predicted molar refractivity (Wildman–Crippen MR) is 97.4 cm³/mol. The monoisotopic (exact) mass is 382 g/mol. The summed E-state index contributed by atoms with van der Waals surface area (Å²) in [5, 5.41) is 6.68. The zero-order valence-electron chi connectivity index (χ0n) is 14.5. The van der Waals surface area contributed by atoms with Gasteiger partial charge in [0.2, 0.25) is 5.91 Å². The summed E-state index contributed by atoms with van der Waals surface area (Å²) in [6.07, 6.45) is 0. The summed E-state index contributed by atoms with van der Waals surface area (Å²) in [6, 6.07) is 13.0. The number of amides is 1. The van der Waals surface area contributed by atoms with Gasteiger partial charge in [-0.05, 0) is 49.2 Å². The largest absolute Gasteiger partial charge is 0.435 e. The van der Waals surface area contributed by atoms with Gasteiger partial charge in [0.15, 0.2) is 0 Å². The third-order valence-electron chi connectivity index (χ3n) is 3.88. The lowest BCUT2D eigenvalue weighted by Gasteiger charge is -2.20. The van der Waals surface area contributed by atoms with Crippen LogP contribution in [0.3, 0.4) is 0 Å². The van der Waals surface area contributed by atoms with E-state index in [0.29, 0.717) is 11.6 Å². The van der Waals surface area contributed by atoms with E-state index in [4.69, 9.17) is 11.6 Å². The molecule has 2 aromatic carbocycles. The Morgan fingerprint density at radius 2 is 1.69 bits per heavy atom. The lowest BCUT2D eigenvalue weighted by atomic mass is 10.1. The molecular formula is C19H21ClF2N2O2. The summed E-state index contributed by atoms with van der Waals surface area (Å²) in [5.41, 5.74) is 1.82. The molecule has 0 aliphatic rings. The number of benzene rings is 2. The SMILES string of the molecule is CC(NC(C)c1ccc(OC(F)F)cc1)C(=O)NCc1ccc(Cl)cc1. The second-order valence-corrected chi connectivity index (χ2v) is 6.34. The van der Waals surface area contributed by atoms with Crippen LogP contribution < -0.4 is 15.4 Å². The van der Waals surface area contributed by atoms with E-state index in [9.17, 15) is 13.6 Å². The van der Waals surface area contributed by atoms with Crippen molar-refractivity contribution in [3.05, 3.63) is 64.7 Å². The van der Waals surface area contributed by atoms with Crippen molar-refractivity contribution in [1.82, 2.24) is 10.6 Å². The molecule has 0 bridgehead atoms. The van der Waals surface area contributed by atoms with Crippen LogP contribution in [0.15, 0.2) is 48.5 Å². The normalized spacial score (nSPS) is 13.3. The number of alkyl halides is 2. The third-order valence-corrected chi connectivity index (χ3v) is 4.13. The van der Waals surface area contributed by atoms with Crippen LogP contribution in [0.5, 0.6) is 5.75 Å². The molecule has 2 N–H and O–H groups in total. The molecule has 26 heavy (non-hydrogen) atoms. The summed E-state index contributed by atoms with van der Waals surface area (Å²) in [5.74, 6) is -0.0332. The van der Waals surface area contributed by atoms with E-state index in [0.717, 1.165) is 11.1 Å². The summed E-state index contributed by atoms with van der Waals surface area (Å²) in [7, 11) is 0. The van der Waals surface area contributed by atoms with E-state index in [1.54, 1.807) is 31.2 Å². The first-order valence-electron chi connectivity index (χ1n) is 8.18. The second kappa shape index (κ2) is 9.50. The van der Waals surface area contributed by atoms with Crippen molar-refractivity contribution in [2.75, 3.05) is 0 Å². The Morgan fingerprint density at radius 1 is 1.08 bits per heavy atom. The number of carbonyl (C=O) groups excluding carboxylic acids is 1. The first-order valence-corrected chi connectivity index (χ1v) is 8.56. The predicted octanol–water partition coefficient (Wildman–Crippen LogP) is 4.30. The fourth-order valence-corrected chi connectivity index (χ4v) is 2.56. The fourth-order valence-electron chi connectivity index (χ4n) is 2.43. The Morgan fingerprint density at radius 3 is 2.27 bits per heavy atom. The van der Waals surface area contributed by atoms with Crippen molar-refractivity contribution >= 4 is 17.5 Å². The molecule has 0 radical (unpaired) electrons. The second-order valence-electron chi connectivity index (χ2n) is 5.90. The molecule has 0 saturated heterocycles. The summed E-state index contributed by atoms with van der Waals surface area (Å²) in [6.45, 7) is 1.23. The maximum absolute atomic E-state index is 12.2. The van der Waals surface area contributed by atoms with E-state index < -0.39 is 12.7 Å². The van der Waals surface area contributed by atoms with Gasteiger partial charge in [0.1, 0.15) is 5.75 Å². The van der Waals surface area contributed by atoms with Crippen LogP contribution in [-0.4, -0.2) is 18.6 Å². The summed E-state index contributed by atoms with van der Waals surface area (Å²) >= 11 is 5.83. The smallest absolute Gasteiger partial charge is 0.387 e. The van der Waals surface area contributed by atoms with Crippen LogP contribution in [-0.2, 0) is 11.3 Å². The van der Waals surface area contributed by atoms with Gasteiger partial charge in [-0.2, -0.15) is 8.78 Å². The Hall–Kier alpha value is -2.18. The topological polar surface area (TPSA) is 50.4 Å². The molecule has 0 heterocycles. The summed E-state index contributed by atoms with van der Waals surface area (Å²) < 4.78 is 28.7. The molecule has 4 nitrogen and oxygen atoms in total. The zero-order valence-corrected chi connectivity index (χ0v) is 15.3. The van der Waals surface area contributed by atoms with Crippen LogP contribution in [0.1, 0.15) is 31.0 Å². The van der Waals surface area contributed by atoms with Gasteiger partial charge >= 0.3 is 6.61 Å². The van der Waals surface area contributed by atoms with Gasteiger partial charge in [0.05, 0.1) is 6.04 Å². The molecular weight excluding hydrogens is 362 g/mol. The molecule has 0 spiro atoms. The highest BCUT2D eigenvalue weighted by Crippen LogP contribution is 2.19. The van der Waals surface area contributed by atoms with Crippen molar-refractivity contribution in [2.24, 2.45) is 0 Å². The van der Waals surface area contributed by atoms with Crippen LogP contribution in [0.4, 0.5) is 8.78 Å². The average molecular weight is 383 g/mol. The van der Waals surface area contributed by atoms with Crippen LogP contribution >= 0.6 is 11.6 Å². The number of rotatable bonds is 8. The van der Waals surface area contributed by atoms with E-state index in [-0.39, 0.29) is 17.7 Å². The number of carbonyl (C=O) groups is 1. The Balaban J connectivity index is 1.84. The number of ether oxygens (including phenoxy) is 1. The standard InChI is InChI=1S/C19H21ClF2N2O2/c1-12(15-5-9-17(10-6-15)26-19(21)22)24-13(2)18(25)23-11-14-3-7-16(20)8-4-14/h3-10,12-13,19,24H,11H2,1-2H3,(H,23,25). The fraction of sp³-hybridized carbons (Fsp3) is 0.316. The minimum Gasteiger partial charge on any atom is -0.435 e. The lowest BCUT2D eigenvalue weighted by Crippen LogP contribution is -2.42. The van der Waals surface area contributed by atoms with Crippen LogP contribution in [0.2, 0.25) is 5.02 Å². The van der Waals surface area contributed by atoms with Crippen LogP contribution in [0, 0.1) is 0 Å². The van der Waals surface area contributed by atoms with Gasteiger partial charge in [-0.15, -0.1) is 0 Å². The Kier molecular flexibility index (Phi) is 7.36. The lowest BCUT2D eigenvalue weighted by molar-refractivity contribution is -0.123. The molecule has 7 heteroatoms. The number of hydrogen-bond donors (Lipinski definition) is 2. The maximum atomic E-state index is 12.2. The van der Waals surface area contributed by atoms with Crippen molar-refractivity contribution in [3.8, 4) is 5.75 Å². The van der Waals surface area contributed by atoms with Gasteiger partial charge in [0.25, 0.3) is 0 Å². The van der Waals surface area contributed by atoms with Crippen molar-refractivity contribution in [2.45, 2.75) is 39.1 Å². The van der Waals surface area contributed by atoms with E-state index >= 15 is 0 Å². The first kappa shape index (κ1) is 20.1. The highest BCUT2D eigenvalue weighted by atomic mass is 35.5. The van der Waals surface area contributed by atoms with E-state index in [2.05, 4.69) is 15.4 Å². The number of halogens is 3. The Labute approximate surface area is 156 Å². The van der Waals surface area contributed by atoms with E-state index in [1.807, 2.05) is 19.1 Å². The highest BCUT2D eigenvalue weighted by Gasteiger charge is 2.16. The Bertz CT molecular complexity index is 708. The van der Waals surface area contributed by atoms with Gasteiger partial charge in [-0.25, -0.2) is 0 Å². The molecule has 2 rings (SSSR count). The zero-order chi connectivity index (χ0) is 19.1. The average Bonchev–Trinajstić information content (AvgIpc) is 2.61. The molecule has 2 atom stereocenters. The van der Waals surface area contributed by atoms with Crippen molar-refractivity contribution < 1.29 is 18.3 Å². The molecule has 2 unspecified atom stereocenters. The highest BCUT2D eigenvalue weighted by molar-refractivity contribution is 6.30. The minimum absolute atomic E-state index is 0.102. The molecule has 0 fully saturated rings.